The average molecular weight is 396 g/mol. The van der Waals surface area contributed by atoms with E-state index in [1.807, 2.05) is 42.8 Å². The Hall–Kier alpha value is -3.35. The summed E-state index contributed by atoms with van der Waals surface area (Å²) in [5.74, 6) is 2.50. The highest BCUT2D eigenvalue weighted by molar-refractivity contribution is 5.93. The van der Waals surface area contributed by atoms with E-state index in [4.69, 9.17) is 15.2 Å². The van der Waals surface area contributed by atoms with Gasteiger partial charge >= 0.3 is 0 Å². The standard InChI is InChI=1S/C20H24N6O3/c1-4-28-19(29-5-2)12-22-20(27)15-11-17(25(3)24-15)16-13-26-9-7-14(6-8-21)10-18(26)23-16/h7,9-11,13,19H,4-5,12,21H2,1-3H3,(H,22,27). The summed E-state index contributed by atoms with van der Waals surface area (Å²) in [5, 5.41) is 7.10. The van der Waals surface area contributed by atoms with E-state index in [2.05, 4.69) is 27.4 Å². The average Bonchev–Trinajstić information content (AvgIpc) is 3.29. The van der Waals surface area contributed by atoms with E-state index >= 15 is 0 Å². The number of hydrogen-bond donors (Lipinski definition) is 2. The Morgan fingerprint density at radius 1 is 1.31 bits per heavy atom. The lowest BCUT2D eigenvalue weighted by Crippen LogP contribution is -2.35. The lowest BCUT2D eigenvalue weighted by atomic mass is 10.3. The largest absolute Gasteiger partial charge is 0.359 e. The first-order valence-corrected chi connectivity index (χ1v) is 9.31. The molecule has 0 saturated carbocycles. The predicted octanol–water partition coefficient (Wildman–Crippen LogP) is 1.13. The number of hydrogen-bond acceptors (Lipinski definition) is 6. The zero-order chi connectivity index (χ0) is 20.8. The number of amides is 1. The number of aryl methyl sites for hydroxylation is 1. The molecule has 0 radical (unpaired) electrons. The highest BCUT2D eigenvalue weighted by atomic mass is 16.7. The summed E-state index contributed by atoms with van der Waals surface area (Å²) in [7, 11) is 1.77. The fourth-order valence-electron chi connectivity index (χ4n) is 2.89. The van der Waals surface area contributed by atoms with Gasteiger partial charge in [0, 0.05) is 44.3 Å². The maximum atomic E-state index is 12.5. The molecule has 0 atom stereocenters. The van der Waals surface area contributed by atoms with E-state index in [0.717, 1.165) is 16.9 Å². The van der Waals surface area contributed by atoms with Crippen molar-refractivity contribution in [1.82, 2.24) is 24.5 Å². The molecule has 3 heterocycles. The van der Waals surface area contributed by atoms with E-state index in [1.165, 1.54) is 0 Å². The zero-order valence-corrected chi connectivity index (χ0v) is 16.7. The quantitative estimate of drug-likeness (QED) is 0.336. The lowest BCUT2D eigenvalue weighted by molar-refractivity contribution is -0.131. The van der Waals surface area contributed by atoms with Crippen LogP contribution in [0.1, 0.15) is 29.9 Å². The Kier molecular flexibility index (Phi) is 6.49. The van der Waals surface area contributed by atoms with Gasteiger partial charge in [0.05, 0.1) is 12.2 Å². The van der Waals surface area contributed by atoms with E-state index in [-0.39, 0.29) is 12.5 Å². The van der Waals surface area contributed by atoms with Crippen molar-refractivity contribution in [3.63, 3.8) is 0 Å². The van der Waals surface area contributed by atoms with Gasteiger partial charge in [0.25, 0.3) is 5.91 Å². The molecular weight excluding hydrogens is 372 g/mol. The Morgan fingerprint density at radius 3 is 2.76 bits per heavy atom. The molecule has 0 aromatic carbocycles. The molecule has 152 valence electrons. The minimum atomic E-state index is -0.485. The number of carbonyl (C=O) groups excluding carboxylic acids is 1. The van der Waals surface area contributed by atoms with Crippen LogP contribution in [0.25, 0.3) is 17.0 Å². The van der Waals surface area contributed by atoms with Crippen LogP contribution in [0, 0.1) is 12.0 Å². The number of rotatable bonds is 8. The summed E-state index contributed by atoms with van der Waals surface area (Å²) in [5.41, 5.74) is 8.48. The third-order valence-corrected chi connectivity index (χ3v) is 4.19. The molecule has 3 N–H and O–H groups in total. The summed E-state index contributed by atoms with van der Waals surface area (Å²) >= 11 is 0. The van der Waals surface area contributed by atoms with Crippen molar-refractivity contribution in [1.29, 1.82) is 0 Å². The monoisotopic (exact) mass is 396 g/mol. The smallest absolute Gasteiger partial charge is 0.271 e. The van der Waals surface area contributed by atoms with Gasteiger partial charge in [0.15, 0.2) is 12.0 Å². The molecule has 0 aliphatic heterocycles. The van der Waals surface area contributed by atoms with Crippen molar-refractivity contribution in [2.45, 2.75) is 20.1 Å². The third kappa shape index (κ3) is 4.74. The van der Waals surface area contributed by atoms with Crippen LogP contribution >= 0.6 is 0 Å². The Balaban J connectivity index is 1.78. The minimum absolute atomic E-state index is 0.242. The van der Waals surface area contributed by atoms with Crippen LogP contribution in [0.4, 0.5) is 0 Å². The molecule has 0 bridgehead atoms. The van der Waals surface area contributed by atoms with E-state index in [0.29, 0.717) is 24.6 Å². The van der Waals surface area contributed by atoms with Crippen LogP contribution in [0.2, 0.25) is 0 Å². The lowest BCUT2D eigenvalue weighted by Gasteiger charge is -2.16. The fourth-order valence-corrected chi connectivity index (χ4v) is 2.89. The SMILES string of the molecule is CCOC(CNC(=O)c1cc(-c2cn3ccc(C#CN)cc3n2)n(C)n1)OCC. The van der Waals surface area contributed by atoms with Crippen molar-refractivity contribution < 1.29 is 14.3 Å². The second kappa shape index (κ2) is 9.23. The minimum Gasteiger partial charge on any atom is -0.359 e. The number of pyridine rings is 1. The first-order chi connectivity index (χ1) is 14.0. The van der Waals surface area contributed by atoms with Gasteiger partial charge in [-0.2, -0.15) is 5.10 Å². The molecule has 3 rings (SSSR count). The van der Waals surface area contributed by atoms with E-state index in [1.54, 1.807) is 17.8 Å². The molecule has 0 unspecified atom stereocenters. The molecule has 0 fully saturated rings. The van der Waals surface area contributed by atoms with E-state index < -0.39 is 6.29 Å². The van der Waals surface area contributed by atoms with Crippen molar-refractivity contribution in [3.05, 3.63) is 41.9 Å². The molecule has 0 aliphatic carbocycles. The highest BCUT2D eigenvalue weighted by Gasteiger charge is 2.17. The second-order valence-corrected chi connectivity index (χ2v) is 6.17. The van der Waals surface area contributed by atoms with Crippen LogP contribution in [0.15, 0.2) is 30.6 Å². The van der Waals surface area contributed by atoms with E-state index in [9.17, 15) is 4.79 Å². The molecule has 3 aromatic heterocycles. The van der Waals surface area contributed by atoms with Gasteiger partial charge in [0.2, 0.25) is 0 Å². The number of aromatic nitrogens is 4. The van der Waals surface area contributed by atoms with Gasteiger partial charge in [0.1, 0.15) is 11.3 Å². The maximum absolute atomic E-state index is 12.5. The molecule has 0 aliphatic rings. The van der Waals surface area contributed by atoms with Crippen LogP contribution in [-0.2, 0) is 16.5 Å². The zero-order valence-electron chi connectivity index (χ0n) is 16.7. The van der Waals surface area contributed by atoms with Gasteiger partial charge in [-0.15, -0.1) is 0 Å². The predicted molar refractivity (Wildman–Crippen MR) is 108 cm³/mol. The van der Waals surface area contributed by atoms with Crippen molar-refractivity contribution in [2.75, 3.05) is 19.8 Å². The number of carbonyl (C=O) groups is 1. The number of ether oxygens (including phenoxy) is 2. The molecule has 0 spiro atoms. The molecule has 9 nitrogen and oxygen atoms in total. The number of nitrogens with two attached hydrogens (primary N) is 1. The third-order valence-electron chi connectivity index (χ3n) is 4.19. The van der Waals surface area contributed by atoms with Gasteiger partial charge in [-0.05, 0) is 38.0 Å². The van der Waals surface area contributed by atoms with Crippen molar-refractivity contribution in [3.8, 4) is 23.4 Å². The Morgan fingerprint density at radius 2 is 2.07 bits per heavy atom. The number of imidazole rings is 1. The number of fused-ring (bicyclic) bond motifs is 1. The molecule has 1 amide bonds. The van der Waals surface area contributed by atoms with Gasteiger partial charge in [-0.3, -0.25) is 9.48 Å². The van der Waals surface area contributed by atoms with Crippen LogP contribution in [0.3, 0.4) is 0 Å². The number of nitrogens with one attached hydrogen (secondary N) is 1. The molecular formula is C20H24N6O3. The van der Waals surface area contributed by atoms with Crippen molar-refractivity contribution in [2.24, 2.45) is 12.8 Å². The highest BCUT2D eigenvalue weighted by Crippen LogP contribution is 2.20. The Labute approximate surface area is 168 Å². The normalized spacial score (nSPS) is 10.9. The maximum Gasteiger partial charge on any atom is 0.271 e. The summed E-state index contributed by atoms with van der Waals surface area (Å²) in [4.78, 5) is 17.1. The molecule has 0 saturated heterocycles. The van der Waals surface area contributed by atoms with Gasteiger partial charge in [-0.25, -0.2) is 4.98 Å². The number of nitrogens with zero attached hydrogens (tertiary/aromatic N) is 4. The molecule has 3 aromatic rings. The first kappa shape index (κ1) is 20.4. The topological polar surface area (TPSA) is 109 Å². The van der Waals surface area contributed by atoms with Crippen molar-refractivity contribution >= 4 is 11.6 Å². The molecule has 29 heavy (non-hydrogen) atoms. The summed E-state index contributed by atoms with van der Waals surface area (Å²) < 4.78 is 14.4. The second-order valence-electron chi connectivity index (χ2n) is 6.17. The summed E-state index contributed by atoms with van der Waals surface area (Å²) in [6.07, 6.45) is 3.24. The fraction of sp³-hybridized carbons (Fsp3) is 0.350. The summed E-state index contributed by atoms with van der Waals surface area (Å²) in [6, 6.07) is 7.78. The van der Waals surface area contributed by atoms with Crippen LogP contribution in [-0.4, -0.2) is 51.1 Å². The first-order valence-electron chi connectivity index (χ1n) is 9.31. The molecule has 9 heteroatoms. The van der Waals surface area contributed by atoms with Crippen LogP contribution < -0.4 is 11.1 Å². The summed E-state index contributed by atoms with van der Waals surface area (Å²) in [6.45, 7) is 4.99. The van der Waals surface area contributed by atoms with Gasteiger partial charge in [-0.1, -0.05) is 0 Å². The van der Waals surface area contributed by atoms with Gasteiger partial charge < -0.3 is 24.9 Å². The van der Waals surface area contributed by atoms with Crippen LogP contribution in [0.5, 0.6) is 0 Å². The Bertz CT molecular complexity index is 1050.